The monoisotopic (exact) mass is 384 g/mol. The number of hydrogen-bond donors (Lipinski definition) is 1. The fourth-order valence-electron chi connectivity index (χ4n) is 3.20. The smallest absolute Gasteiger partial charge is 0.227 e. The highest BCUT2D eigenvalue weighted by molar-refractivity contribution is 6.06. The van der Waals surface area contributed by atoms with Crippen molar-refractivity contribution in [3.8, 4) is 11.5 Å². The maximum atomic E-state index is 12.3. The first-order valence-electron chi connectivity index (χ1n) is 9.21. The molecule has 0 radical (unpaired) electrons. The van der Waals surface area contributed by atoms with Crippen molar-refractivity contribution in [2.75, 3.05) is 5.32 Å². The van der Waals surface area contributed by atoms with Gasteiger partial charge in [0.25, 0.3) is 0 Å². The van der Waals surface area contributed by atoms with Gasteiger partial charge in [0, 0.05) is 41.6 Å². The molecule has 0 aliphatic rings. The summed E-state index contributed by atoms with van der Waals surface area (Å²) in [6, 6.07) is 19.0. The van der Waals surface area contributed by atoms with E-state index in [-0.39, 0.29) is 12.3 Å². The van der Waals surface area contributed by atoms with Crippen molar-refractivity contribution in [1.29, 1.82) is 0 Å². The number of benzene rings is 2. The third-order valence-corrected chi connectivity index (χ3v) is 4.59. The van der Waals surface area contributed by atoms with E-state index < -0.39 is 0 Å². The van der Waals surface area contributed by atoms with E-state index >= 15 is 0 Å². The minimum absolute atomic E-state index is 0.141. The molecule has 3 heterocycles. The number of amides is 1. The zero-order valence-electron chi connectivity index (χ0n) is 15.3. The molecule has 0 spiro atoms. The quantitative estimate of drug-likeness (QED) is 0.476. The van der Waals surface area contributed by atoms with Crippen molar-refractivity contribution in [3.63, 3.8) is 0 Å². The molecule has 3 aromatic heterocycles. The Bertz CT molecular complexity index is 1310. The number of para-hydroxylation sites is 1. The third kappa shape index (κ3) is 3.45. The van der Waals surface area contributed by atoms with Crippen LogP contribution in [0.3, 0.4) is 0 Å². The largest absolute Gasteiger partial charge is 0.456 e. The van der Waals surface area contributed by atoms with Crippen LogP contribution in [0.4, 0.5) is 5.69 Å². The molecular weight excluding hydrogens is 368 g/mol. The maximum Gasteiger partial charge on any atom is 0.227 e. The first kappa shape index (κ1) is 17.1. The highest BCUT2D eigenvalue weighted by Crippen LogP contribution is 2.30. The Morgan fingerprint density at radius 2 is 1.83 bits per heavy atom. The average Bonchev–Trinajstić information content (AvgIpc) is 3.37. The number of furan rings is 1. The Kier molecular flexibility index (Phi) is 4.25. The second-order valence-corrected chi connectivity index (χ2v) is 6.58. The molecular formula is C22H16N4O3. The van der Waals surface area contributed by atoms with Crippen LogP contribution in [0.2, 0.25) is 0 Å². The normalized spacial score (nSPS) is 11.2. The number of carbonyl (C=O) groups is 1. The van der Waals surface area contributed by atoms with Crippen molar-refractivity contribution in [2.24, 2.45) is 0 Å². The van der Waals surface area contributed by atoms with Gasteiger partial charge in [0.2, 0.25) is 17.6 Å². The number of carbonyl (C=O) groups excluding carboxylic acids is 1. The molecule has 7 heteroatoms. The molecule has 0 atom stereocenters. The van der Waals surface area contributed by atoms with E-state index in [1.54, 1.807) is 12.3 Å². The molecule has 142 valence electrons. The number of hydrogen-bond acceptors (Lipinski definition) is 6. The molecule has 7 nitrogen and oxygen atoms in total. The van der Waals surface area contributed by atoms with Crippen LogP contribution in [-0.4, -0.2) is 21.0 Å². The first-order valence-corrected chi connectivity index (χ1v) is 9.21. The molecule has 1 amide bonds. The van der Waals surface area contributed by atoms with Crippen LogP contribution in [0.15, 0.2) is 75.8 Å². The topological polar surface area (TPSA) is 94.0 Å². The predicted octanol–water partition coefficient (Wildman–Crippen LogP) is 4.60. The maximum absolute atomic E-state index is 12.3. The molecule has 5 rings (SSSR count). The zero-order valence-corrected chi connectivity index (χ0v) is 15.3. The summed E-state index contributed by atoms with van der Waals surface area (Å²) < 4.78 is 11.1. The minimum Gasteiger partial charge on any atom is -0.456 e. The first-order chi connectivity index (χ1) is 14.3. The number of pyridine rings is 1. The van der Waals surface area contributed by atoms with Crippen molar-refractivity contribution < 1.29 is 13.7 Å². The van der Waals surface area contributed by atoms with E-state index in [1.807, 2.05) is 54.6 Å². The Morgan fingerprint density at radius 1 is 0.966 bits per heavy atom. The lowest BCUT2D eigenvalue weighted by molar-refractivity contribution is -0.116. The molecule has 0 saturated carbocycles. The van der Waals surface area contributed by atoms with Crippen LogP contribution in [0, 0.1) is 0 Å². The molecule has 5 aromatic rings. The van der Waals surface area contributed by atoms with Crippen molar-refractivity contribution >= 4 is 33.5 Å². The molecule has 0 unspecified atom stereocenters. The Hall–Kier alpha value is -4.00. The number of aryl methyl sites for hydroxylation is 1. The third-order valence-electron chi connectivity index (χ3n) is 4.59. The van der Waals surface area contributed by atoms with Crippen LogP contribution in [0.25, 0.3) is 33.5 Å². The Balaban J connectivity index is 1.25. The number of nitrogens with one attached hydrogen (secondary N) is 1. The van der Waals surface area contributed by atoms with Crippen LogP contribution in [-0.2, 0) is 11.2 Å². The van der Waals surface area contributed by atoms with E-state index in [0.717, 1.165) is 21.9 Å². The number of nitrogens with zero attached hydrogens (tertiary/aromatic N) is 3. The van der Waals surface area contributed by atoms with Crippen LogP contribution >= 0.6 is 0 Å². The summed E-state index contributed by atoms with van der Waals surface area (Å²) in [5, 5.41) is 8.87. The lowest BCUT2D eigenvalue weighted by Gasteiger charge is -2.03. The van der Waals surface area contributed by atoms with Gasteiger partial charge in [0.1, 0.15) is 16.9 Å². The standard InChI is InChI=1S/C22H16N4O3/c27-20(10-11-21-25-22(26-29-21)17-6-3-4-12-23-17)24-14-8-9-16-15-5-1-2-7-18(15)28-19(16)13-14/h1-9,12-13H,10-11H2,(H,24,27). The minimum atomic E-state index is -0.141. The van der Waals surface area contributed by atoms with Gasteiger partial charge in [-0.15, -0.1) is 0 Å². The lowest BCUT2D eigenvalue weighted by Crippen LogP contribution is -2.12. The van der Waals surface area contributed by atoms with E-state index in [4.69, 9.17) is 8.94 Å². The fraction of sp³-hybridized carbons (Fsp3) is 0.0909. The van der Waals surface area contributed by atoms with Crippen molar-refractivity contribution in [1.82, 2.24) is 15.1 Å². The second kappa shape index (κ2) is 7.20. The molecule has 0 saturated heterocycles. The van der Waals surface area contributed by atoms with Gasteiger partial charge in [-0.25, -0.2) is 0 Å². The molecule has 0 fully saturated rings. The number of anilines is 1. The predicted molar refractivity (Wildman–Crippen MR) is 108 cm³/mol. The molecule has 0 aliphatic carbocycles. The van der Waals surface area contributed by atoms with E-state index in [9.17, 15) is 4.79 Å². The summed E-state index contributed by atoms with van der Waals surface area (Å²) in [5.41, 5.74) is 2.87. The summed E-state index contributed by atoms with van der Waals surface area (Å²) in [5.74, 6) is 0.669. The Morgan fingerprint density at radius 3 is 2.72 bits per heavy atom. The highest BCUT2D eigenvalue weighted by Gasteiger charge is 2.12. The average molecular weight is 384 g/mol. The Labute approximate surface area is 165 Å². The second-order valence-electron chi connectivity index (χ2n) is 6.58. The molecule has 0 aliphatic heterocycles. The number of fused-ring (bicyclic) bond motifs is 3. The SMILES string of the molecule is O=C(CCc1nc(-c2ccccn2)no1)Nc1ccc2c(c1)oc1ccccc12. The van der Waals surface area contributed by atoms with Gasteiger partial charge in [-0.05, 0) is 30.3 Å². The van der Waals surface area contributed by atoms with E-state index in [0.29, 0.717) is 29.5 Å². The van der Waals surface area contributed by atoms with E-state index in [1.165, 1.54) is 0 Å². The van der Waals surface area contributed by atoms with Crippen LogP contribution < -0.4 is 5.32 Å². The van der Waals surface area contributed by atoms with E-state index in [2.05, 4.69) is 20.4 Å². The van der Waals surface area contributed by atoms with Gasteiger partial charge in [-0.1, -0.05) is 29.4 Å². The number of rotatable bonds is 5. The van der Waals surface area contributed by atoms with Gasteiger partial charge in [-0.2, -0.15) is 4.98 Å². The number of aromatic nitrogens is 3. The van der Waals surface area contributed by atoms with Gasteiger partial charge >= 0.3 is 0 Å². The molecule has 0 bridgehead atoms. The molecule has 29 heavy (non-hydrogen) atoms. The molecule has 2 aromatic carbocycles. The zero-order chi connectivity index (χ0) is 19.6. The van der Waals surface area contributed by atoms with Crippen LogP contribution in [0.1, 0.15) is 12.3 Å². The fourth-order valence-corrected chi connectivity index (χ4v) is 3.20. The summed E-state index contributed by atoms with van der Waals surface area (Å²) in [6.45, 7) is 0. The van der Waals surface area contributed by atoms with Gasteiger partial charge in [0.15, 0.2) is 0 Å². The van der Waals surface area contributed by atoms with Gasteiger partial charge < -0.3 is 14.3 Å². The summed E-state index contributed by atoms with van der Waals surface area (Å²) in [6.07, 6.45) is 2.23. The highest BCUT2D eigenvalue weighted by atomic mass is 16.5. The molecule has 1 N–H and O–H groups in total. The summed E-state index contributed by atoms with van der Waals surface area (Å²) in [7, 11) is 0. The van der Waals surface area contributed by atoms with Gasteiger partial charge in [0.05, 0.1) is 0 Å². The van der Waals surface area contributed by atoms with Crippen molar-refractivity contribution in [2.45, 2.75) is 12.8 Å². The summed E-state index contributed by atoms with van der Waals surface area (Å²) >= 11 is 0. The van der Waals surface area contributed by atoms with Crippen LogP contribution in [0.5, 0.6) is 0 Å². The van der Waals surface area contributed by atoms with Gasteiger partial charge in [-0.3, -0.25) is 9.78 Å². The lowest BCUT2D eigenvalue weighted by atomic mass is 10.1. The van der Waals surface area contributed by atoms with Crippen molar-refractivity contribution in [3.05, 3.63) is 72.8 Å². The summed E-state index contributed by atoms with van der Waals surface area (Å²) in [4.78, 5) is 20.8.